The summed E-state index contributed by atoms with van der Waals surface area (Å²) >= 11 is 0. The molecule has 0 bridgehead atoms. The van der Waals surface area contributed by atoms with Crippen LogP contribution in [0.2, 0.25) is 0 Å². The summed E-state index contributed by atoms with van der Waals surface area (Å²) in [6, 6.07) is 7.75. The van der Waals surface area contributed by atoms with Crippen molar-refractivity contribution in [2.75, 3.05) is 7.05 Å². The molecule has 0 saturated carbocycles. The molecule has 0 spiro atoms. The molecule has 0 atom stereocenters. The topological polar surface area (TPSA) is 72.8 Å². The Bertz CT molecular complexity index is 468. The smallest absolute Gasteiger partial charge is 0.203 e. The average molecular weight is 231 g/mol. The van der Waals surface area contributed by atoms with Crippen molar-refractivity contribution < 1.29 is 4.84 Å². The lowest BCUT2D eigenvalue weighted by molar-refractivity contribution is 0.0444. The van der Waals surface area contributed by atoms with Gasteiger partial charge in [0.2, 0.25) is 5.82 Å². The third kappa shape index (κ3) is 3.02. The lowest BCUT2D eigenvalue weighted by atomic mass is 10.1. The van der Waals surface area contributed by atoms with Gasteiger partial charge < -0.3 is 0 Å². The van der Waals surface area contributed by atoms with Gasteiger partial charge in [0.05, 0.1) is 6.61 Å². The molecule has 1 aromatic heterocycles. The highest BCUT2D eigenvalue weighted by Gasteiger charge is 2.02. The van der Waals surface area contributed by atoms with Gasteiger partial charge in [-0.3, -0.25) is 4.84 Å². The summed E-state index contributed by atoms with van der Waals surface area (Å²) in [4.78, 5) is 5.07. The number of aryl methyl sites for hydroxylation is 1. The first-order valence-corrected chi connectivity index (χ1v) is 5.21. The molecule has 0 amide bonds. The van der Waals surface area contributed by atoms with Gasteiger partial charge in [0.25, 0.3) is 0 Å². The van der Waals surface area contributed by atoms with Crippen molar-refractivity contribution in [3.8, 4) is 11.4 Å². The first kappa shape index (κ1) is 11.6. The van der Waals surface area contributed by atoms with Gasteiger partial charge in [-0.15, -0.1) is 20.4 Å². The second-order valence-electron chi connectivity index (χ2n) is 3.46. The Kier molecular flexibility index (Phi) is 3.69. The Hall–Kier alpha value is -1.92. The van der Waals surface area contributed by atoms with Gasteiger partial charge in [-0.2, -0.15) is 0 Å². The molecule has 0 saturated heterocycles. The second kappa shape index (κ2) is 5.42. The van der Waals surface area contributed by atoms with E-state index in [4.69, 9.17) is 4.84 Å². The predicted molar refractivity (Wildman–Crippen MR) is 61.6 cm³/mol. The number of hydrogen-bond donors (Lipinski definition) is 1. The predicted octanol–water partition coefficient (Wildman–Crippen LogP) is 0.893. The van der Waals surface area contributed by atoms with Gasteiger partial charge in [-0.25, -0.2) is 5.48 Å². The SMILES string of the molecule is CNOCc1ccc(-c2nnc(C)nn2)cc1. The summed E-state index contributed by atoms with van der Waals surface area (Å²) in [5.74, 6) is 1.09. The van der Waals surface area contributed by atoms with Crippen LogP contribution in [0.5, 0.6) is 0 Å². The molecule has 6 heteroatoms. The van der Waals surface area contributed by atoms with Gasteiger partial charge >= 0.3 is 0 Å². The molecular formula is C11H13N5O. The van der Waals surface area contributed by atoms with Crippen molar-refractivity contribution in [1.82, 2.24) is 25.9 Å². The summed E-state index contributed by atoms with van der Waals surface area (Å²) in [5.41, 5.74) is 4.58. The Morgan fingerprint density at radius 2 is 1.71 bits per heavy atom. The highest BCUT2D eigenvalue weighted by molar-refractivity contribution is 5.53. The van der Waals surface area contributed by atoms with Gasteiger partial charge in [0.15, 0.2) is 5.82 Å². The number of rotatable bonds is 4. The molecule has 0 aliphatic heterocycles. The fourth-order valence-electron chi connectivity index (χ4n) is 1.30. The lowest BCUT2D eigenvalue weighted by Crippen LogP contribution is -2.06. The van der Waals surface area contributed by atoms with Gasteiger partial charge in [0.1, 0.15) is 0 Å². The largest absolute Gasteiger partial charge is 0.297 e. The molecule has 0 aliphatic rings. The van der Waals surface area contributed by atoms with Crippen LogP contribution >= 0.6 is 0 Å². The molecule has 2 rings (SSSR count). The number of nitrogens with one attached hydrogen (secondary N) is 1. The molecule has 1 aromatic carbocycles. The van der Waals surface area contributed by atoms with Crippen LogP contribution in [0.4, 0.5) is 0 Å². The number of nitrogens with zero attached hydrogens (tertiary/aromatic N) is 4. The summed E-state index contributed by atoms with van der Waals surface area (Å²) in [6.07, 6.45) is 0. The number of aromatic nitrogens is 4. The Balaban J connectivity index is 2.14. The summed E-state index contributed by atoms with van der Waals surface area (Å²) in [5, 5.41) is 15.7. The van der Waals surface area contributed by atoms with Crippen molar-refractivity contribution in [3.05, 3.63) is 35.7 Å². The van der Waals surface area contributed by atoms with Crippen LogP contribution in [0.3, 0.4) is 0 Å². The average Bonchev–Trinajstić information content (AvgIpc) is 2.38. The third-order valence-corrected chi connectivity index (χ3v) is 2.17. The fourth-order valence-corrected chi connectivity index (χ4v) is 1.30. The van der Waals surface area contributed by atoms with Crippen molar-refractivity contribution in [2.24, 2.45) is 0 Å². The normalized spacial score (nSPS) is 10.5. The van der Waals surface area contributed by atoms with Crippen molar-refractivity contribution >= 4 is 0 Å². The molecule has 0 fully saturated rings. The minimum absolute atomic E-state index is 0.516. The second-order valence-corrected chi connectivity index (χ2v) is 3.46. The van der Waals surface area contributed by atoms with Crippen LogP contribution < -0.4 is 5.48 Å². The Morgan fingerprint density at radius 1 is 1.06 bits per heavy atom. The zero-order valence-electron chi connectivity index (χ0n) is 9.71. The lowest BCUT2D eigenvalue weighted by Gasteiger charge is -2.03. The van der Waals surface area contributed by atoms with Crippen molar-refractivity contribution in [3.63, 3.8) is 0 Å². The highest BCUT2D eigenvalue weighted by atomic mass is 16.6. The van der Waals surface area contributed by atoms with E-state index in [-0.39, 0.29) is 0 Å². The van der Waals surface area contributed by atoms with Gasteiger partial charge in [0, 0.05) is 12.6 Å². The minimum atomic E-state index is 0.516. The molecule has 0 radical (unpaired) electrons. The van der Waals surface area contributed by atoms with E-state index in [0.29, 0.717) is 18.3 Å². The molecule has 1 heterocycles. The molecule has 6 nitrogen and oxygen atoms in total. The standard InChI is InChI=1S/C11H13N5O/c1-8-13-15-11(16-14-8)10-5-3-9(4-6-10)7-17-12-2/h3-6,12H,7H2,1-2H3. The van der Waals surface area contributed by atoms with Crippen LogP contribution in [0.1, 0.15) is 11.4 Å². The number of hydroxylamine groups is 1. The zero-order valence-corrected chi connectivity index (χ0v) is 9.71. The Morgan fingerprint density at radius 3 is 2.29 bits per heavy atom. The number of hydrogen-bond acceptors (Lipinski definition) is 6. The molecule has 0 unspecified atom stereocenters. The van der Waals surface area contributed by atoms with Crippen LogP contribution in [0.25, 0.3) is 11.4 Å². The maximum Gasteiger partial charge on any atom is 0.203 e. The van der Waals surface area contributed by atoms with E-state index in [1.165, 1.54) is 0 Å². The monoisotopic (exact) mass is 231 g/mol. The van der Waals surface area contributed by atoms with E-state index in [2.05, 4.69) is 25.9 Å². The van der Waals surface area contributed by atoms with Crippen LogP contribution in [-0.4, -0.2) is 27.4 Å². The first-order chi connectivity index (χ1) is 8.29. The molecule has 17 heavy (non-hydrogen) atoms. The molecule has 88 valence electrons. The maximum absolute atomic E-state index is 5.07. The summed E-state index contributed by atoms with van der Waals surface area (Å²) in [6.45, 7) is 2.27. The summed E-state index contributed by atoms with van der Waals surface area (Å²) in [7, 11) is 1.73. The quantitative estimate of drug-likeness (QED) is 0.788. The van der Waals surface area contributed by atoms with Crippen LogP contribution in [-0.2, 0) is 11.4 Å². The number of benzene rings is 1. The molecular weight excluding hydrogens is 218 g/mol. The van der Waals surface area contributed by atoms with Gasteiger partial charge in [-0.05, 0) is 12.5 Å². The summed E-state index contributed by atoms with van der Waals surface area (Å²) < 4.78 is 0. The first-order valence-electron chi connectivity index (χ1n) is 5.21. The third-order valence-electron chi connectivity index (χ3n) is 2.17. The van der Waals surface area contributed by atoms with E-state index in [9.17, 15) is 0 Å². The zero-order chi connectivity index (χ0) is 12.1. The highest BCUT2D eigenvalue weighted by Crippen LogP contribution is 2.14. The fraction of sp³-hybridized carbons (Fsp3) is 0.273. The maximum atomic E-state index is 5.07. The van der Waals surface area contributed by atoms with Crippen molar-refractivity contribution in [2.45, 2.75) is 13.5 Å². The van der Waals surface area contributed by atoms with Crippen LogP contribution in [0, 0.1) is 6.92 Å². The van der Waals surface area contributed by atoms with Crippen LogP contribution in [0.15, 0.2) is 24.3 Å². The van der Waals surface area contributed by atoms with Gasteiger partial charge in [-0.1, -0.05) is 24.3 Å². The molecule has 2 aromatic rings. The van der Waals surface area contributed by atoms with E-state index in [1.807, 2.05) is 24.3 Å². The molecule has 0 aliphatic carbocycles. The Labute approximate surface area is 99.0 Å². The van der Waals surface area contributed by atoms with Crippen molar-refractivity contribution in [1.29, 1.82) is 0 Å². The van der Waals surface area contributed by atoms with E-state index >= 15 is 0 Å². The van der Waals surface area contributed by atoms with E-state index in [0.717, 1.165) is 11.1 Å². The van der Waals surface area contributed by atoms with E-state index < -0.39 is 0 Å². The minimum Gasteiger partial charge on any atom is -0.297 e. The van der Waals surface area contributed by atoms with E-state index in [1.54, 1.807) is 14.0 Å². The molecule has 1 N–H and O–H groups in total.